The Morgan fingerprint density at radius 1 is 1.44 bits per heavy atom. The second-order valence-electron chi connectivity index (χ2n) is 5.35. The fourth-order valence-corrected chi connectivity index (χ4v) is 3.43. The van der Waals surface area contributed by atoms with Crippen molar-refractivity contribution in [2.24, 2.45) is 0 Å². The van der Waals surface area contributed by atoms with Crippen LogP contribution in [0.5, 0.6) is 0 Å². The van der Waals surface area contributed by atoms with E-state index in [2.05, 4.69) is 4.72 Å². The van der Waals surface area contributed by atoms with Gasteiger partial charge in [0.2, 0.25) is 10.0 Å². The molecule has 1 atom stereocenters. The van der Waals surface area contributed by atoms with Crippen molar-refractivity contribution >= 4 is 21.9 Å². The maximum atomic E-state index is 12.6. The zero-order chi connectivity index (χ0) is 18.4. The first-order chi connectivity index (χ1) is 11.9. The van der Waals surface area contributed by atoms with Gasteiger partial charge < -0.3 is 19.5 Å². The average Bonchev–Trinajstić information content (AvgIpc) is 2.61. The van der Waals surface area contributed by atoms with E-state index in [9.17, 15) is 23.1 Å². The van der Waals surface area contributed by atoms with E-state index < -0.39 is 27.9 Å². The number of aliphatic carboxylic acids is 1. The number of carbonyl (C=O) groups is 2. The van der Waals surface area contributed by atoms with E-state index in [-0.39, 0.29) is 43.4 Å². The highest BCUT2D eigenvalue weighted by atomic mass is 32.2. The van der Waals surface area contributed by atoms with Gasteiger partial charge in [-0.1, -0.05) is 6.07 Å². The smallest absolute Gasteiger partial charge is 0.328 e. The molecule has 0 radical (unpaired) electrons. The molecular formula is C15H20N2O7S. The summed E-state index contributed by atoms with van der Waals surface area (Å²) in [6, 6.07) is 4.38. The molecule has 25 heavy (non-hydrogen) atoms. The summed E-state index contributed by atoms with van der Waals surface area (Å²) in [5.41, 5.74) is 0.0998. The molecule has 1 saturated heterocycles. The Balaban J connectivity index is 2.22. The number of nitrogens with zero attached hydrogens (tertiary/aromatic N) is 1. The van der Waals surface area contributed by atoms with Crippen molar-refractivity contribution in [1.82, 2.24) is 9.62 Å². The third-order valence-corrected chi connectivity index (χ3v) is 5.12. The van der Waals surface area contributed by atoms with Gasteiger partial charge >= 0.3 is 5.97 Å². The van der Waals surface area contributed by atoms with Gasteiger partial charge in [0.05, 0.1) is 24.7 Å². The number of benzene rings is 1. The predicted molar refractivity (Wildman–Crippen MR) is 86.8 cm³/mol. The minimum atomic E-state index is -3.79. The second kappa shape index (κ2) is 8.39. The monoisotopic (exact) mass is 372 g/mol. The maximum Gasteiger partial charge on any atom is 0.328 e. The molecule has 2 N–H and O–H groups in total. The summed E-state index contributed by atoms with van der Waals surface area (Å²) in [4.78, 5) is 25.0. The lowest BCUT2D eigenvalue weighted by Gasteiger charge is -2.32. The number of ether oxygens (including phenoxy) is 2. The molecule has 1 fully saturated rings. The van der Waals surface area contributed by atoms with Gasteiger partial charge in [0.15, 0.2) is 6.04 Å². The zero-order valence-electron chi connectivity index (χ0n) is 13.7. The molecule has 1 aromatic rings. The van der Waals surface area contributed by atoms with Crippen LogP contribution < -0.4 is 4.72 Å². The van der Waals surface area contributed by atoms with Crippen LogP contribution in [0.2, 0.25) is 0 Å². The molecule has 138 valence electrons. The van der Waals surface area contributed by atoms with Crippen LogP contribution in [0.25, 0.3) is 0 Å². The number of nitrogens with one attached hydrogen (secondary N) is 1. The van der Waals surface area contributed by atoms with Crippen LogP contribution in [-0.2, 0) is 24.3 Å². The highest BCUT2D eigenvalue weighted by Gasteiger charge is 2.33. The molecule has 0 saturated carbocycles. The zero-order valence-corrected chi connectivity index (χ0v) is 14.5. The summed E-state index contributed by atoms with van der Waals surface area (Å²) < 4.78 is 36.7. The van der Waals surface area contributed by atoms with Gasteiger partial charge in [0, 0.05) is 25.8 Å². The Labute approximate surface area is 145 Å². The van der Waals surface area contributed by atoms with Gasteiger partial charge in [0.1, 0.15) is 0 Å². The molecule has 1 unspecified atom stereocenters. The molecule has 1 aliphatic heterocycles. The molecule has 2 rings (SSSR count). The molecule has 0 aromatic heterocycles. The Bertz CT molecular complexity index is 735. The predicted octanol–water partition coefficient (Wildman–Crippen LogP) is -0.463. The number of hydrogen-bond donors (Lipinski definition) is 2. The number of sulfonamides is 1. The Morgan fingerprint density at radius 3 is 2.88 bits per heavy atom. The fraction of sp³-hybridized carbons (Fsp3) is 0.467. The van der Waals surface area contributed by atoms with E-state index in [4.69, 9.17) is 9.47 Å². The van der Waals surface area contributed by atoms with Crippen LogP contribution in [0.3, 0.4) is 0 Å². The molecule has 0 bridgehead atoms. The quantitative estimate of drug-likeness (QED) is 0.621. The highest BCUT2D eigenvalue weighted by Crippen LogP contribution is 2.16. The third-order valence-electron chi connectivity index (χ3n) is 3.66. The van der Waals surface area contributed by atoms with Gasteiger partial charge in [0.25, 0.3) is 5.91 Å². The van der Waals surface area contributed by atoms with Crippen molar-refractivity contribution < 1.29 is 32.6 Å². The van der Waals surface area contributed by atoms with Crippen molar-refractivity contribution in [2.45, 2.75) is 10.9 Å². The summed E-state index contributed by atoms with van der Waals surface area (Å²) in [6.07, 6.45) is 0. The maximum absolute atomic E-state index is 12.6. The minimum Gasteiger partial charge on any atom is -0.480 e. The summed E-state index contributed by atoms with van der Waals surface area (Å²) in [5.74, 6) is -1.72. The Hall–Kier alpha value is -2.01. The normalized spacial score (nSPS) is 18.1. The topological polar surface area (TPSA) is 122 Å². The average molecular weight is 372 g/mol. The molecule has 1 aromatic carbocycles. The third kappa shape index (κ3) is 4.75. The van der Waals surface area contributed by atoms with E-state index in [0.29, 0.717) is 0 Å². The van der Waals surface area contributed by atoms with Gasteiger partial charge in [-0.3, -0.25) is 4.79 Å². The molecule has 1 aliphatic rings. The van der Waals surface area contributed by atoms with Gasteiger partial charge in [-0.15, -0.1) is 0 Å². The van der Waals surface area contributed by atoms with Crippen LogP contribution in [0.1, 0.15) is 10.4 Å². The molecular weight excluding hydrogens is 352 g/mol. The molecule has 10 heteroatoms. The largest absolute Gasteiger partial charge is 0.480 e. The number of rotatable bonds is 7. The van der Waals surface area contributed by atoms with Crippen molar-refractivity contribution in [1.29, 1.82) is 0 Å². The molecule has 0 aliphatic carbocycles. The highest BCUT2D eigenvalue weighted by molar-refractivity contribution is 7.89. The molecule has 1 heterocycles. The SMILES string of the molecule is COCCNS(=O)(=O)c1cccc(C(=O)N2CCOCC2C(=O)O)c1. The second-order valence-corrected chi connectivity index (χ2v) is 7.11. The Morgan fingerprint density at radius 2 is 2.20 bits per heavy atom. The number of carboxylic acid groups (broad SMARTS) is 1. The lowest BCUT2D eigenvalue weighted by Crippen LogP contribution is -2.52. The van der Waals surface area contributed by atoms with Crippen molar-refractivity contribution in [3.05, 3.63) is 29.8 Å². The number of hydrogen-bond acceptors (Lipinski definition) is 6. The van der Waals surface area contributed by atoms with Crippen molar-refractivity contribution in [3.63, 3.8) is 0 Å². The van der Waals surface area contributed by atoms with E-state index in [1.165, 1.54) is 36.3 Å². The fourth-order valence-electron chi connectivity index (χ4n) is 2.37. The van der Waals surface area contributed by atoms with Gasteiger partial charge in [-0.25, -0.2) is 17.9 Å². The van der Waals surface area contributed by atoms with Crippen molar-refractivity contribution in [2.75, 3.05) is 40.0 Å². The lowest BCUT2D eigenvalue weighted by atomic mass is 10.1. The number of carboxylic acids is 1. The summed E-state index contributed by atoms with van der Waals surface area (Å²) in [6.45, 7) is 0.566. The van der Waals surface area contributed by atoms with E-state index in [1.807, 2.05) is 0 Å². The van der Waals surface area contributed by atoms with E-state index in [1.54, 1.807) is 0 Å². The summed E-state index contributed by atoms with van der Waals surface area (Å²) >= 11 is 0. The number of methoxy groups -OCH3 is 1. The van der Waals surface area contributed by atoms with Gasteiger partial charge in [-0.05, 0) is 18.2 Å². The Kier molecular flexibility index (Phi) is 6.48. The van der Waals surface area contributed by atoms with Crippen LogP contribution in [0, 0.1) is 0 Å². The molecule has 0 spiro atoms. The van der Waals surface area contributed by atoms with Crippen molar-refractivity contribution in [3.8, 4) is 0 Å². The molecule has 1 amide bonds. The van der Waals surface area contributed by atoms with Gasteiger partial charge in [-0.2, -0.15) is 0 Å². The molecule has 9 nitrogen and oxygen atoms in total. The number of amides is 1. The van der Waals surface area contributed by atoms with Crippen LogP contribution in [-0.4, -0.2) is 76.4 Å². The lowest BCUT2D eigenvalue weighted by molar-refractivity contribution is -0.147. The van der Waals surface area contributed by atoms with Crippen LogP contribution >= 0.6 is 0 Å². The van der Waals surface area contributed by atoms with E-state index in [0.717, 1.165) is 0 Å². The van der Waals surface area contributed by atoms with E-state index >= 15 is 0 Å². The first kappa shape index (κ1) is 19.3. The van der Waals surface area contributed by atoms with Crippen LogP contribution in [0.4, 0.5) is 0 Å². The first-order valence-corrected chi connectivity index (χ1v) is 9.05. The summed E-state index contributed by atoms with van der Waals surface area (Å²) in [5, 5.41) is 9.22. The first-order valence-electron chi connectivity index (χ1n) is 7.57. The summed E-state index contributed by atoms with van der Waals surface area (Å²) in [7, 11) is -2.34. The minimum absolute atomic E-state index is 0.0745. The standard InChI is InChI=1S/C15H20N2O7S/c1-23-7-5-16-25(21,22)12-4-2-3-11(9-12)14(18)17-6-8-24-10-13(17)15(19)20/h2-4,9,13,16H,5-8,10H2,1H3,(H,19,20). The number of morpholine rings is 1. The number of carbonyl (C=O) groups excluding carboxylic acids is 1. The van der Waals surface area contributed by atoms with Crippen LogP contribution in [0.15, 0.2) is 29.2 Å².